The Kier molecular flexibility index (Phi) is 15.9. The Balaban J connectivity index is 0.00000114. The van der Waals surface area contributed by atoms with E-state index in [2.05, 4.69) is 26.6 Å². The van der Waals surface area contributed by atoms with Crippen LogP contribution >= 0.6 is 20.2 Å². The molecule has 2 aliphatic carbocycles. The summed E-state index contributed by atoms with van der Waals surface area (Å²) in [5.41, 5.74) is 0. The summed E-state index contributed by atoms with van der Waals surface area (Å²) in [6.45, 7) is 7.04. The zero-order valence-electron chi connectivity index (χ0n) is 19.4. The number of carbonyl (C=O) groups excluding carboxylic acids is 1. The van der Waals surface area contributed by atoms with E-state index in [9.17, 15) is 4.79 Å². The van der Waals surface area contributed by atoms with Gasteiger partial charge in [-0.3, -0.25) is 4.79 Å². The van der Waals surface area contributed by atoms with Crippen molar-refractivity contribution in [3.05, 3.63) is 0 Å². The van der Waals surface area contributed by atoms with E-state index in [-0.39, 0.29) is 25.1 Å². The van der Waals surface area contributed by atoms with Crippen LogP contribution in [0.2, 0.25) is 0 Å². The van der Waals surface area contributed by atoms with Crippen LogP contribution in [0.1, 0.15) is 64.7 Å². The van der Waals surface area contributed by atoms with Crippen LogP contribution in [0.15, 0.2) is 0 Å². The average Bonchev–Trinajstić information content (AvgIpc) is 2.82. The number of esters is 1. The molecule has 0 spiro atoms. The van der Waals surface area contributed by atoms with E-state index in [0.29, 0.717) is 37.2 Å². The fourth-order valence-corrected chi connectivity index (χ4v) is 5.07. The molecule has 0 radical (unpaired) electrons. The third-order valence-corrected chi connectivity index (χ3v) is 6.80. The topological polar surface area (TPSA) is 86.5 Å². The number of carbonyl (C=O) groups is 1. The summed E-state index contributed by atoms with van der Waals surface area (Å²) in [6.07, 6.45) is 10.7. The molecule has 0 aromatic carbocycles. The van der Waals surface area contributed by atoms with Gasteiger partial charge in [0.05, 0.1) is 6.04 Å². The molecule has 0 unspecified atom stereocenters. The van der Waals surface area contributed by atoms with Crippen molar-refractivity contribution >= 4 is 26.2 Å². The van der Waals surface area contributed by atoms with Gasteiger partial charge in [0.15, 0.2) is 0 Å². The quantitative estimate of drug-likeness (QED) is 0.280. The van der Waals surface area contributed by atoms with Crippen molar-refractivity contribution < 1.29 is 22.7 Å². The second kappa shape index (κ2) is 17.8. The maximum atomic E-state index is 11.6. The van der Waals surface area contributed by atoms with E-state index in [1.165, 1.54) is 51.4 Å². The molecule has 1 saturated heterocycles. The number of halogens is 2. The molecule has 7 nitrogen and oxygen atoms in total. The first-order valence-electron chi connectivity index (χ1n) is 12.4. The molecule has 5 N–H and O–H groups in total. The number of hydrogen-bond donors (Lipinski definition) is 5. The second-order valence-corrected chi connectivity index (χ2v) is 11.0. The molecule has 0 amide bonds. The number of ether oxygens (including phenoxy) is 1. The molecular weight excluding hydrogens is 492 g/mol. The van der Waals surface area contributed by atoms with Gasteiger partial charge in [0.2, 0.25) is 0 Å². The number of nitrogens with one attached hydrogen (secondary N) is 5. The monoisotopic (exact) mass is 534 g/mol. The van der Waals surface area contributed by atoms with Gasteiger partial charge < -0.3 is 31.3 Å². The van der Waals surface area contributed by atoms with E-state index >= 15 is 0 Å². The van der Waals surface area contributed by atoms with Gasteiger partial charge in [-0.1, -0.05) is 32.6 Å². The molecule has 189 valence electrons. The van der Waals surface area contributed by atoms with Gasteiger partial charge in [-0.2, -0.15) is 0 Å². The molecule has 5 atom stereocenters. The first-order valence-corrected chi connectivity index (χ1v) is 15.6. The number of hydrogen-bond acceptors (Lipinski definition) is 7. The third kappa shape index (κ3) is 11.2. The average molecular weight is 535 g/mol. The van der Waals surface area contributed by atoms with E-state index < -0.39 is 0 Å². The molecule has 3 rings (SSSR count). The van der Waals surface area contributed by atoms with Crippen LogP contribution in [0.4, 0.5) is 0 Å². The predicted molar refractivity (Wildman–Crippen MR) is 129 cm³/mol. The van der Waals surface area contributed by atoms with Gasteiger partial charge in [-0.15, -0.1) is 0 Å². The molecule has 32 heavy (non-hydrogen) atoms. The Hall–Kier alpha value is 0.369. The molecule has 1 heterocycles. The normalized spacial score (nSPS) is 32.7. The van der Waals surface area contributed by atoms with E-state index in [0.717, 1.165) is 32.7 Å². The fraction of sp³-hybridized carbons (Fsp3) is 0.955. The van der Waals surface area contributed by atoms with Gasteiger partial charge in [-0.05, 0) is 25.7 Å². The minimum atomic E-state index is -0.117. The molecule has 0 aromatic rings. The van der Waals surface area contributed by atoms with Crippen LogP contribution in [0.3, 0.4) is 0 Å². The fourth-order valence-electron chi connectivity index (χ4n) is 5.07. The van der Waals surface area contributed by atoms with Crippen molar-refractivity contribution in [1.29, 1.82) is 0 Å². The molecule has 1 aliphatic heterocycles. The van der Waals surface area contributed by atoms with Crippen molar-refractivity contribution in [2.24, 2.45) is 0 Å². The molecule has 2 saturated carbocycles. The summed E-state index contributed by atoms with van der Waals surface area (Å²) in [6, 6.07) is 2.33. The third-order valence-electron chi connectivity index (χ3n) is 6.80. The van der Waals surface area contributed by atoms with Crippen LogP contribution < -0.4 is 26.6 Å². The molecule has 0 bridgehead atoms. The van der Waals surface area contributed by atoms with Crippen LogP contribution in [0, 0.1) is 0 Å². The Morgan fingerprint density at radius 2 is 1.19 bits per heavy atom. The van der Waals surface area contributed by atoms with Crippen molar-refractivity contribution in [3.8, 4) is 0 Å². The van der Waals surface area contributed by atoms with Crippen LogP contribution in [0.5, 0.6) is 0 Å². The summed E-state index contributed by atoms with van der Waals surface area (Å²) in [7, 11) is 9.59. The summed E-state index contributed by atoms with van der Waals surface area (Å²) < 4.78 is 5.45. The summed E-state index contributed by atoms with van der Waals surface area (Å²) in [4.78, 5) is 11.6. The second-order valence-electron chi connectivity index (χ2n) is 9.01. The summed E-state index contributed by atoms with van der Waals surface area (Å²) >= 11 is 0.00694. The molecule has 0 aromatic heterocycles. The van der Waals surface area contributed by atoms with Gasteiger partial charge in [0, 0.05) is 63.3 Å². The minimum absolute atomic E-state index is 0.00694. The van der Waals surface area contributed by atoms with E-state index in [1.54, 1.807) is 0 Å². The van der Waals surface area contributed by atoms with Crippen LogP contribution in [-0.4, -0.2) is 75.5 Å². The van der Waals surface area contributed by atoms with Crippen molar-refractivity contribution in [2.75, 3.05) is 39.3 Å². The van der Waals surface area contributed by atoms with E-state index in [4.69, 9.17) is 24.9 Å². The Morgan fingerprint density at radius 3 is 1.62 bits per heavy atom. The van der Waals surface area contributed by atoms with E-state index in [1.807, 2.05) is 6.92 Å². The van der Waals surface area contributed by atoms with Gasteiger partial charge >= 0.3 is 39.3 Å². The Bertz CT molecular complexity index is 509. The van der Waals surface area contributed by atoms with Crippen molar-refractivity contribution in [3.63, 3.8) is 0 Å². The van der Waals surface area contributed by atoms with Crippen LogP contribution in [0.25, 0.3) is 0 Å². The standard InChI is InChI=1S/C22H43N5O2.2ClH.Mn/c1-2-22(28)29-16-17-15-27-21-10-6-5-9-20(21)26-14-13-25-19-8-4-3-7-18(19)24-12-11-23-17;;;/h17-21,23-27H,2-16H2,1H3;2*1H;/q;;;+2/p-2/t17-,18+,19+,20+,21+;;;/m0.../s1. The first kappa shape index (κ1) is 28.6. The van der Waals surface area contributed by atoms with Crippen LogP contribution in [-0.2, 0) is 22.7 Å². The number of rotatable bonds is 3. The van der Waals surface area contributed by atoms with Crippen molar-refractivity contribution in [2.45, 2.75) is 94.9 Å². The molecule has 3 aliphatic rings. The molecular formula is C22H43Cl2MnN5O2. The maximum absolute atomic E-state index is 11.6. The molecule has 3 fully saturated rings. The summed E-state index contributed by atoms with van der Waals surface area (Å²) in [5, 5.41) is 18.8. The zero-order chi connectivity index (χ0) is 23.0. The van der Waals surface area contributed by atoms with Gasteiger partial charge in [0.25, 0.3) is 0 Å². The SMILES string of the molecule is CCC(=O)OC[C@@H]1CN[C@@H]2CCCC[C@H]2NCCN[C@@H]2CCCC[C@H]2NCCN1.[Cl][Mn][Cl]. The van der Waals surface area contributed by atoms with Crippen molar-refractivity contribution in [1.82, 2.24) is 26.6 Å². The van der Waals surface area contributed by atoms with Gasteiger partial charge in [0.1, 0.15) is 6.61 Å². The Labute approximate surface area is 209 Å². The number of fused-ring (bicyclic) bond motifs is 2. The zero-order valence-corrected chi connectivity index (χ0v) is 22.1. The molecule has 10 heteroatoms. The Morgan fingerprint density at radius 1 is 0.781 bits per heavy atom. The van der Waals surface area contributed by atoms with Gasteiger partial charge in [-0.25, -0.2) is 0 Å². The predicted octanol–water partition coefficient (Wildman–Crippen LogP) is 2.27. The summed E-state index contributed by atoms with van der Waals surface area (Å²) in [5.74, 6) is -0.117. The first-order chi connectivity index (χ1) is 15.7.